The Morgan fingerprint density at radius 3 is 2.78 bits per heavy atom. The van der Waals surface area contributed by atoms with Crippen LogP contribution in [0.2, 0.25) is 0 Å². The quantitative estimate of drug-likeness (QED) is 0.612. The number of carboxylic acids is 1. The number of pyridine rings is 1. The van der Waals surface area contributed by atoms with Gasteiger partial charge in [-0.05, 0) is 25.5 Å². The number of aryl methyl sites for hydroxylation is 1. The first-order valence-corrected chi connectivity index (χ1v) is 5.38. The number of benzene rings is 1. The van der Waals surface area contributed by atoms with Crippen molar-refractivity contribution in [2.45, 2.75) is 13.8 Å². The van der Waals surface area contributed by atoms with Gasteiger partial charge in [0.2, 0.25) is 0 Å². The van der Waals surface area contributed by atoms with E-state index < -0.39 is 5.97 Å². The fourth-order valence-corrected chi connectivity index (χ4v) is 1.74. The van der Waals surface area contributed by atoms with Crippen molar-refractivity contribution in [3.63, 3.8) is 0 Å². The summed E-state index contributed by atoms with van der Waals surface area (Å²) in [6.07, 6.45) is 0. The van der Waals surface area contributed by atoms with E-state index in [0.29, 0.717) is 17.9 Å². The van der Waals surface area contributed by atoms with Gasteiger partial charge in [-0.2, -0.15) is 0 Å². The molecule has 2 aromatic rings. The largest absolute Gasteiger partial charge is 1.00 e. The number of carbonyl (C=O) groups excluding carboxylic acids is 1. The summed E-state index contributed by atoms with van der Waals surface area (Å²) in [6.45, 7) is 4.20. The fraction of sp³-hybridized carbons (Fsp3) is 0.231. The van der Waals surface area contributed by atoms with Crippen molar-refractivity contribution >= 4 is 16.9 Å². The van der Waals surface area contributed by atoms with Crippen LogP contribution in [0.5, 0.6) is 5.75 Å². The van der Waals surface area contributed by atoms with Crippen LogP contribution in [0.3, 0.4) is 0 Å². The third kappa shape index (κ3) is 2.83. The molecule has 88 valence electrons. The zero-order valence-corrected chi connectivity index (χ0v) is 12.7. The number of carbonyl (C=O) groups is 1. The molecule has 5 heteroatoms. The van der Waals surface area contributed by atoms with Crippen molar-refractivity contribution in [3.05, 3.63) is 35.5 Å². The number of rotatable bonds is 3. The predicted octanol–water partition coefficient (Wildman–Crippen LogP) is -1.69. The molecule has 1 heterocycles. The molecule has 0 aliphatic carbocycles. The normalized spacial score (nSPS) is 9.89. The van der Waals surface area contributed by atoms with Crippen molar-refractivity contribution < 1.29 is 44.2 Å². The Kier molecular flexibility index (Phi) is 5.14. The van der Waals surface area contributed by atoms with Gasteiger partial charge in [0, 0.05) is 11.5 Å². The molecule has 0 N–H and O–H groups in total. The Morgan fingerprint density at radius 1 is 1.44 bits per heavy atom. The van der Waals surface area contributed by atoms with Crippen LogP contribution < -0.4 is 39.4 Å². The van der Waals surface area contributed by atoms with Crippen LogP contribution in [0.25, 0.3) is 10.9 Å². The van der Waals surface area contributed by atoms with Gasteiger partial charge in [0.25, 0.3) is 0 Å². The summed E-state index contributed by atoms with van der Waals surface area (Å²) in [6, 6.07) is 7.03. The maximum Gasteiger partial charge on any atom is 1.00 e. The number of aromatic carboxylic acids is 1. The van der Waals surface area contributed by atoms with E-state index in [9.17, 15) is 9.90 Å². The maximum atomic E-state index is 10.9. The summed E-state index contributed by atoms with van der Waals surface area (Å²) in [5.74, 6) is -0.767. The van der Waals surface area contributed by atoms with E-state index in [1.54, 1.807) is 0 Å². The molecular formula is C13H12NNaO3. The van der Waals surface area contributed by atoms with Gasteiger partial charge in [0.05, 0.1) is 23.8 Å². The summed E-state index contributed by atoms with van der Waals surface area (Å²) in [4.78, 5) is 15.0. The first-order chi connectivity index (χ1) is 8.13. The molecule has 4 nitrogen and oxygen atoms in total. The number of hydrogen-bond donors (Lipinski definition) is 0. The van der Waals surface area contributed by atoms with E-state index in [-0.39, 0.29) is 35.3 Å². The molecule has 0 fully saturated rings. The van der Waals surface area contributed by atoms with Gasteiger partial charge in [-0.25, -0.2) is 4.98 Å². The second-order valence-corrected chi connectivity index (χ2v) is 3.70. The van der Waals surface area contributed by atoms with Gasteiger partial charge in [-0.3, -0.25) is 0 Å². The van der Waals surface area contributed by atoms with Gasteiger partial charge in [-0.1, -0.05) is 12.1 Å². The molecule has 0 amide bonds. The van der Waals surface area contributed by atoms with E-state index in [0.717, 1.165) is 10.9 Å². The fourth-order valence-electron chi connectivity index (χ4n) is 1.74. The first kappa shape index (κ1) is 15.0. The summed E-state index contributed by atoms with van der Waals surface area (Å²) in [5, 5.41) is 11.7. The number of carboxylic acid groups (broad SMARTS) is 1. The van der Waals surface area contributed by atoms with E-state index in [4.69, 9.17) is 4.74 Å². The average Bonchev–Trinajstić information content (AvgIpc) is 2.30. The monoisotopic (exact) mass is 253 g/mol. The number of nitrogens with zero attached hydrogens (tertiary/aromatic N) is 1. The summed E-state index contributed by atoms with van der Waals surface area (Å²) < 4.78 is 5.43. The van der Waals surface area contributed by atoms with Gasteiger partial charge < -0.3 is 14.6 Å². The number of fused-ring (bicyclic) bond motifs is 1. The topological polar surface area (TPSA) is 62.2 Å². The molecule has 0 spiro atoms. The van der Waals surface area contributed by atoms with Gasteiger partial charge in [0.15, 0.2) is 0 Å². The second kappa shape index (κ2) is 6.18. The third-order valence-corrected chi connectivity index (χ3v) is 2.51. The molecule has 0 radical (unpaired) electrons. The van der Waals surface area contributed by atoms with Crippen LogP contribution in [0, 0.1) is 6.92 Å². The molecule has 1 aromatic heterocycles. The Hall–Kier alpha value is -1.10. The van der Waals surface area contributed by atoms with E-state index in [2.05, 4.69) is 4.98 Å². The van der Waals surface area contributed by atoms with E-state index in [1.807, 2.05) is 32.0 Å². The van der Waals surface area contributed by atoms with Crippen molar-refractivity contribution in [2.24, 2.45) is 0 Å². The van der Waals surface area contributed by atoms with Gasteiger partial charge >= 0.3 is 29.6 Å². The zero-order valence-electron chi connectivity index (χ0n) is 10.7. The van der Waals surface area contributed by atoms with E-state index >= 15 is 0 Å². The molecule has 0 aliphatic heterocycles. The van der Waals surface area contributed by atoms with Crippen molar-refractivity contribution in [3.8, 4) is 5.75 Å². The van der Waals surface area contributed by atoms with Crippen LogP contribution >= 0.6 is 0 Å². The summed E-state index contributed by atoms with van der Waals surface area (Å²) in [7, 11) is 0. The smallest absolute Gasteiger partial charge is 0.543 e. The average molecular weight is 253 g/mol. The molecule has 1 aromatic carbocycles. The van der Waals surface area contributed by atoms with E-state index in [1.165, 1.54) is 6.07 Å². The van der Waals surface area contributed by atoms with Crippen LogP contribution in [-0.2, 0) is 0 Å². The number of aromatic nitrogens is 1. The second-order valence-electron chi connectivity index (χ2n) is 3.70. The third-order valence-electron chi connectivity index (χ3n) is 2.51. The van der Waals surface area contributed by atoms with Crippen LogP contribution in [0.4, 0.5) is 0 Å². The molecule has 0 bridgehead atoms. The summed E-state index contributed by atoms with van der Waals surface area (Å²) in [5.41, 5.74) is 1.44. The maximum absolute atomic E-state index is 10.9. The first-order valence-electron chi connectivity index (χ1n) is 5.38. The van der Waals surface area contributed by atoms with Gasteiger partial charge in [0.1, 0.15) is 5.75 Å². The molecular weight excluding hydrogens is 241 g/mol. The SMILES string of the molecule is CCOc1cc(C(=O)[O-])nc2c(C)cccc12.[Na+]. The summed E-state index contributed by atoms with van der Waals surface area (Å²) >= 11 is 0. The Bertz CT molecular complexity index is 584. The molecule has 18 heavy (non-hydrogen) atoms. The molecule has 0 unspecified atom stereocenters. The minimum Gasteiger partial charge on any atom is -0.543 e. The van der Waals surface area contributed by atoms with Crippen LogP contribution in [0.1, 0.15) is 23.0 Å². The Labute approximate surface area is 127 Å². The van der Waals surface area contributed by atoms with Crippen LogP contribution in [0.15, 0.2) is 24.3 Å². The minimum absolute atomic E-state index is 0. The molecule has 0 saturated carbocycles. The number of para-hydroxylation sites is 1. The van der Waals surface area contributed by atoms with Crippen molar-refractivity contribution in [2.75, 3.05) is 6.61 Å². The molecule has 0 atom stereocenters. The van der Waals surface area contributed by atoms with Crippen molar-refractivity contribution in [1.82, 2.24) is 4.98 Å². The number of ether oxygens (including phenoxy) is 1. The Morgan fingerprint density at radius 2 is 2.17 bits per heavy atom. The predicted molar refractivity (Wildman–Crippen MR) is 62.0 cm³/mol. The molecule has 0 saturated heterocycles. The molecule has 2 rings (SSSR count). The number of hydrogen-bond acceptors (Lipinski definition) is 4. The standard InChI is InChI=1S/C13H13NO3.Na/c1-3-17-11-7-10(13(15)16)14-12-8(2)5-4-6-9(11)12;/h4-7H,3H2,1-2H3,(H,15,16);/q;+1/p-1. The zero-order chi connectivity index (χ0) is 12.4. The molecule has 0 aliphatic rings. The Balaban J connectivity index is 0.00000162. The van der Waals surface area contributed by atoms with Gasteiger partial charge in [-0.15, -0.1) is 0 Å². The van der Waals surface area contributed by atoms with Crippen LogP contribution in [-0.4, -0.2) is 17.6 Å². The van der Waals surface area contributed by atoms with Crippen molar-refractivity contribution in [1.29, 1.82) is 0 Å². The minimum atomic E-state index is -1.30.